The summed E-state index contributed by atoms with van der Waals surface area (Å²) >= 11 is 3.07. The van der Waals surface area contributed by atoms with Crippen LogP contribution in [0.5, 0.6) is 0 Å². The molecule has 2 aromatic rings. The third-order valence-corrected chi connectivity index (χ3v) is 4.35. The van der Waals surface area contributed by atoms with Crippen LogP contribution in [0.25, 0.3) is 6.08 Å². The Morgan fingerprint density at radius 2 is 1.80 bits per heavy atom. The minimum Gasteiger partial charge on any atom is -0.480 e. The van der Waals surface area contributed by atoms with Crippen molar-refractivity contribution in [3.8, 4) is 0 Å². The Kier molecular flexibility index (Phi) is 7.48. The molecule has 0 aliphatic heterocycles. The summed E-state index contributed by atoms with van der Waals surface area (Å²) in [6.07, 6.45) is 1.27. The highest BCUT2D eigenvalue weighted by Gasteiger charge is 2.26. The van der Waals surface area contributed by atoms with E-state index in [0.717, 1.165) is 0 Å². The van der Waals surface area contributed by atoms with E-state index < -0.39 is 34.7 Å². The lowest BCUT2D eigenvalue weighted by Crippen LogP contribution is -2.47. The van der Waals surface area contributed by atoms with E-state index in [1.165, 1.54) is 42.5 Å². The number of nitro groups is 1. The number of non-ortho nitro benzene ring substituents is 1. The van der Waals surface area contributed by atoms with Gasteiger partial charge in [-0.1, -0.05) is 13.8 Å². The molecule has 0 saturated heterocycles. The van der Waals surface area contributed by atoms with Crippen molar-refractivity contribution in [1.82, 2.24) is 10.6 Å². The summed E-state index contributed by atoms with van der Waals surface area (Å²) in [5.41, 5.74) is -0.0234. The van der Waals surface area contributed by atoms with E-state index in [0.29, 0.717) is 10.2 Å². The second kappa shape index (κ2) is 9.83. The maximum atomic E-state index is 12.7. The average Bonchev–Trinajstić information content (AvgIpc) is 3.11. The number of hydrogen-bond acceptors (Lipinski definition) is 6. The van der Waals surface area contributed by atoms with Crippen LogP contribution >= 0.6 is 15.9 Å². The van der Waals surface area contributed by atoms with Crippen molar-refractivity contribution in [2.24, 2.45) is 5.92 Å². The minimum absolute atomic E-state index is 0.0806. The Morgan fingerprint density at radius 3 is 2.27 bits per heavy atom. The normalized spacial score (nSPS) is 12.3. The van der Waals surface area contributed by atoms with Gasteiger partial charge >= 0.3 is 5.97 Å². The number of carbonyl (C=O) groups excluding carboxylic acids is 2. The van der Waals surface area contributed by atoms with Gasteiger partial charge in [-0.15, -0.1) is 0 Å². The van der Waals surface area contributed by atoms with Crippen molar-refractivity contribution < 1.29 is 28.8 Å². The topological polar surface area (TPSA) is 152 Å². The molecule has 1 unspecified atom stereocenters. The molecule has 0 spiro atoms. The highest BCUT2D eigenvalue weighted by molar-refractivity contribution is 9.10. The minimum atomic E-state index is -1.23. The van der Waals surface area contributed by atoms with Gasteiger partial charge in [0, 0.05) is 12.1 Å². The summed E-state index contributed by atoms with van der Waals surface area (Å²) < 4.78 is 5.46. The van der Waals surface area contributed by atoms with Gasteiger partial charge in [-0.2, -0.15) is 0 Å². The molecule has 2 rings (SSSR count). The number of nitrogens with one attached hydrogen (secondary N) is 2. The number of benzene rings is 1. The molecule has 1 aromatic heterocycles. The predicted molar refractivity (Wildman–Crippen MR) is 109 cm³/mol. The van der Waals surface area contributed by atoms with Crippen molar-refractivity contribution in [3.05, 3.63) is 68.2 Å². The molecule has 0 aliphatic carbocycles. The number of hydrogen-bond donors (Lipinski definition) is 3. The predicted octanol–water partition coefficient (Wildman–Crippen LogP) is 2.95. The van der Waals surface area contributed by atoms with Crippen LogP contribution < -0.4 is 10.6 Å². The summed E-state index contributed by atoms with van der Waals surface area (Å²) in [7, 11) is 0. The zero-order valence-corrected chi connectivity index (χ0v) is 17.5. The Hall–Kier alpha value is -3.47. The van der Waals surface area contributed by atoms with Crippen LogP contribution in [0.4, 0.5) is 5.69 Å². The standard InChI is InChI=1S/C19H18BrN3O7/c1-10(2)16(19(26)27)22-17(24)13(21-18(25)14-7-8-15(20)30-14)9-11-3-5-12(6-4-11)23(28)29/h3-10,16H,1-2H3,(H,21,25)(H,22,24)(H,26,27). The van der Waals surface area contributed by atoms with Crippen LogP contribution in [-0.2, 0) is 9.59 Å². The van der Waals surface area contributed by atoms with E-state index in [1.54, 1.807) is 13.8 Å². The lowest BCUT2D eigenvalue weighted by molar-refractivity contribution is -0.384. The highest BCUT2D eigenvalue weighted by atomic mass is 79.9. The van der Waals surface area contributed by atoms with Gasteiger partial charge in [0.25, 0.3) is 17.5 Å². The highest BCUT2D eigenvalue weighted by Crippen LogP contribution is 2.16. The van der Waals surface area contributed by atoms with E-state index in [9.17, 15) is 29.6 Å². The van der Waals surface area contributed by atoms with Gasteiger partial charge in [0.1, 0.15) is 11.7 Å². The fraction of sp³-hybridized carbons (Fsp3) is 0.211. The zero-order valence-electron chi connectivity index (χ0n) is 15.9. The maximum Gasteiger partial charge on any atom is 0.326 e. The molecule has 0 fully saturated rings. The molecule has 0 radical (unpaired) electrons. The van der Waals surface area contributed by atoms with Crippen molar-refractivity contribution in [3.63, 3.8) is 0 Å². The lowest BCUT2D eigenvalue weighted by atomic mass is 10.0. The molecule has 3 N–H and O–H groups in total. The number of halogens is 1. The molecular weight excluding hydrogens is 462 g/mol. The smallest absolute Gasteiger partial charge is 0.326 e. The van der Waals surface area contributed by atoms with Crippen molar-refractivity contribution in [1.29, 1.82) is 0 Å². The summed E-state index contributed by atoms with van der Waals surface area (Å²) in [5.74, 6) is -3.30. The fourth-order valence-electron chi connectivity index (χ4n) is 2.37. The first-order chi connectivity index (χ1) is 14.1. The summed E-state index contributed by atoms with van der Waals surface area (Å²) in [4.78, 5) is 46.7. The number of amides is 2. The van der Waals surface area contributed by atoms with Crippen LogP contribution in [0.2, 0.25) is 0 Å². The van der Waals surface area contributed by atoms with E-state index in [2.05, 4.69) is 26.6 Å². The van der Waals surface area contributed by atoms with E-state index >= 15 is 0 Å². The van der Waals surface area contributed by atoms with Gasteiger partial charge < -0.3 is 20.2 Å². The molecule has 0 saturated carbocycles. The number of carbonyl (C=O) groups is 3. The van der Waals surface area contributed by atoms with Crippen LogP contribution in [0.1, 0.15) is 30.0 Å². The van der Waals surface area contributed by atoms with Gasteiger partial charge in [0.05, 0.1) is 4.92 Å². The van der Waals surface area contributed by atoms with Crippen molar-refractivity contribution >= 4 is 45.5 Å². The molecule has 11 heteroatoms. The Bertz CT molecular complexity index is 996. The molecule has 1 aromatic carbocycles. The Labute approximate surface area is 179 Å². The van der Waals surface area contributed by atoms with Crippen molar-refractivity contribution in [2.75, 3.05) is 0 Å². The molecule has 158 valence electrons. The van der Waals surface area contributed by atoms with Crippen molar-refractivity contribution in [2.45, 2.75) is 19.9 Å². The molecule has 1 atom stereocenters. The van der Waals surface area contributed by atoms with E-state index in [1.807, 2.05) is 0 Å². The molecule has 0 aliphatic rings. The first kappa shape index (κ1) is 22.8. The maximum absolute atomic E-state index is 12.7. The monoisotopic (exact) mass is 479 g/mol. The Balaban J connectivity index is 2.35. The first-order valence-electron chi connectivity index (χ1n) is 8.65. The van der Waals surface area contributed by atoms with Gasteiger partial charge in [0.15, 0.2) is 10.4 Å². The first-order valence-corrected chi connectivity index (χ1v) is 9.44. The fourth-order valence-corrected chi connectivity index (χ4v) is 2.68. The summed E-state index contributed by atoms with van der Waals surface area (Å²) in [6.45, 7) is 3.25. The van der Waals surface area contributed by atoms with Gasteiger partial charge in [-0.25, -0.2) is 4.79 Å². The second-order valence-corrected chi connectivity index (χ2v) is 7.28. The average molecular weight is 480 g/mol. The largest absolute Gasteiger partial charge is 0.480 e. The van der Waals surface area contributed by atoms with E-state index in [4.69, 9.17) is 4.42 Å². The number of nitro benzene ring substituents is 1. The third-order valence-electron chi connectivity index (χ3n) is 3.92. The number of carboxylic acids is 1. The van der Waals surface area contributed by atoms with Crippen LogP contribution in [0, 0.1) is 16.0 Å². The molecule has 30 heavy (non-hydrogen) atoms. The lowest BCUT2D eigenvalue weighted by Gasteiger charge is -2.19. The second-order valence-electron chi connectivity index (χ2n) is 6.50. The molecule has 1 heterocycles. The number of aliphatic carboxylic acids is 1. The summed E-state index contributed by atoms with van der Waals surface area (Å²) in [6, 6.07) is 6.94. The van der Waals surface area contributed by atoms with Gasteiger partial charge in [0.2, 0.25) is 0 Å². The molecule has 0 bridgehead atoms. The van der Waals surface area contributed by atoms with Gasteiger partial charge in [-0.3, -0.25) is 19.7 Å². The van der Waals surface area contributed by atoms with Crippen LogP contribution in [0.3, 0.4) is 0 Å². The van der Waals surface area contributed by atoms with E-state index in [-0.39, 0.29) is 17.1 Å². The number of rotatable bonds is 8. The van der Waals surface area contributed by atoms with Crippen LogP contribution in [0.15, 0.2) is 51.2 Å². The molecule has 10 nitrogen and oxygen atoms in total. The SMILES string of the molecule is CC(C)C(NC(=O)C(=Cc1ccc([N+](=O)[O-])cc1)NC(=O)c1ccc(Br)o1)C(=O)O. The van der Waals surface area contributed by atoms with Gasteiger partial charge in [-0.05, 0) is 57.8 Å². The summed E-state index contributed by atoms with van der Waals surface area (Å²) in [5, 5.41) is 24.8. The molecular formula is C19H18BrN3O7. The number of furan rings is 1. The molecule has 2 amide bonds. The zero-order chi connectivity index (χ0) is 22.4. The number of nitrogens with zero attached hydrogens (tertiary/aromatic N) is 1. The quantitative estimate of drug-likeness (QED) is 0.298. The number of carboxylic acid groups (broad SMARTS) is 1. The van der Waals surface area contributed by atoms with Crippen LogP contribution in [-0.4, -0.2) is 33.9 Å². The third kappa shape index (κ3) is 6.01. The Morgan fingerprint density at radius 1 is 1.17 bits per heavy atom.